The Morgan fingerprint density at radius 1 is 1.29 bits per heavy atom. The molecule has 112 valence electrons. The molecule has 1 aromatic heterocycles. The molecule has 0 unspecified atom stereocenters. The van der Waals surface area contributed by atoms with Crippen molar-refractivity contribution in [3.63, 3.8) is 0 Å². The number of benzene rings is 1. The average Bonchev–Trinajstić information content (AvgIpc) is 3.04. The van der Waals surface area contributed by atoms with Crippen molar-refractivity contribution in [2.75, 3.05) is 33.3 Å². The summed E-state index contributed by atoms with van der Waals surface area (Å²) in [4.78, 5) is 3.69. The van der Waals surface area contributed by atoms with Gasteiger partial charge in [-0.05, 0) is 17.5 Å². The lowest BCUT2D eigenvalue weighted by molar-refractivity contribution is 0.197. The van der Waals surface area contributed by atoms with Crippen molar-refractivity contribution in [3.8, 4) is 5.75 Å². The molecule has 21 heavy (non-hydrogen) atoms. The molecule has 1 aliphatic heterocycles. The Morgan fingerprint density at radius 2 is 2.10 bits per heavy atom. The first-order valence-corrected chi connectivity index (χ1v) is 7.99. The van der Waals surface area contributed by atoms with Crippen LogP contribution in [0.1, 0.15) is 16.5 Å². The van der Waals surface area contributed by atoms with Crippen LogP contribution in [0.2, 0.25) is 0 Å². The fourth-order valence-electron chi connectivity index (χ4n) is 2.83. The lowest BCUT2D eigenvalue weighted by Gasteiger charge is -2.35. The van der Waals surface area contributed by atoms with E-state index in [4.69, 9.17) is 4.74 Å². The standard InChI is InChI=1S/C16H19FN2OS/c1-20-14-11-12(17)4-5-13(14)16(15-3-2-10-21-15)19-8-6-18-7-9-19/h2-5,10-11,16,18H,6-9H2,1H3/t16-/m1/s1. The zero-order chi connectivity index (χ0) is 14.7. The van der Waals surface area contributed by atoms with Crippen LogP contribution in [0.5, 0.6) is 5.75 Å². The van der Waals surface area contributed by atoms with Crippen molar-refractivity contribution in [3.05, 3.63) is 52.0 Å². The molecule has 5 heteroatoms. The summed E-state index contributed by atoms with van der Waals surface area (Å²) < 4.78 is 18.9. The number of methoxy groups -OCH3 is 1. The summed E-state index contributed by atoms with van der Waals surface area (Å²) in [6, 6.07) is 9.16. The van der Waals surface area contributed by atoms with Gasteiger partial charge >= 0.3 is 0 Å². The van der Waals surface area contributed by atoms with Crippen LogP contribution in [0.4, 0.5) is 4.39 Å². The summed E-state index contributed by atoms with van der Waals surface area (Å²) in [5, 5.41) is 5.46. The molecule has 3 nitrogen and oxygen atoms in total. The largest absolute Gasteiger partial charge is 0.496 e. The maximum Gasteiger partial charge on any atom is 0.126 e. The number of halogens is 1. The van der Waals surface area contributed by atoms with E-state index in [1.807, 2.05) is 6.07 Å². The normalized spacial score (nSPS) is 17.6. The Balaban J connectivity index is 2.02. The van der Waals surface area contributed by atoms with Crippen molar-refractivity contribution in [2.45, 2.75) is 6.04 Å². The van der Waals surface area contributed by atoms with Gasteiger partial charge in [-0.15, -0.1) is 11.3 Å². The van der Waals surface area contributed by atoms with Crippen LogP contribution in [0.3, 0.4) is 0 Å². The third-order valence-corrected chi connectivity index (χ3v) is 4.74. The van der Waals surface area contributed by atoms with Gasteiger partial charge in [0.05, 0.1) is 13.2 Å². The number of hydrogen-bond acceptors (Lipinski definition) is 4. The summed E-state index contributed by atoms with van der Waals surface area (Å²) in [5.41, 5.74) is 1.03. The zero-order valence-electron chi connectivity index (χ0n) is 12.0. The van der Waals surface area contributed by atoms with Crippen LogP contribution in [-0.2, 0) is 0 Å². The molecule has 2 aromatic rings. The Bertz CT molecular complexity index is 582. The first kappa shape index (κ1) is 14.5. The second kappa shape index (κ2) is 6.56. The molecule has 1 N–H and O–H groups in total. The fraction of sp³-hybridized carbons (Fsp3) is 0.375. The fourth-order valence-corrected chi connectivity index (χ4v) is 3.70. The summed E-state index contributed by atoms with van der Waals surface area (Å²) in [6.45, 7) is 3.91. The van der Waals surface area contributed by atoms with E-state index in [0.29, 0.717) is 5.75 Å². The van der Waals surface area contributed by atoms with Gasteiger partial charge in [-0.1, -0.05) is 12.1 Å². The van der Waals surface area contributed by atoms with Gasteiger partial charge < -0.3 is 10.1 Å². The third kappa shape index (κ3) is 3.10. The molecule has 2 heterocycles. The number of hydrogen-bond donors (Lipinski definition) is 1. The zero-order valence-corrected chi connectivity index (χ0v) is 12.8. The molecule has 0 amide bonds. The van der Waals surface area contributed by atoms with Crippen molar-refractivity contribution >= 4 is 11.3 Å². The molecule has 1 aromatic carbocycles. The molecule has 0 bridgehead atoms. The van der Waals surface area contributed by atoms with E-state index in [0.717, 1.165) is 31.7 Å². The second-order valence-corrected chi connectivity index (χ2v) is 6.07. The van der Waals surface area contributed by atoms with E-state index in [1.54, 1.807) is 18.4 Å². The SMILES string of the molecule is COc1cc(F)ccc1[C@H](c1cccs1)N1CCNCC1. The van der Waals surface area contributed by atoms with Crippen molar-refractivity contribution < 1.29 is 9.13 Å². The number of ether oxygens (including phenoxy) is 1. The van der Waals surface area contributed by atoms with Gasteiger partial charge in [-0.25, -0.2) is 4.39 Å². The summed E-state index contributed by atoms with van der Waals surface area (Å²) in [5.74, 6) is 0.354. The van der Waals surface area contributed by atoms with Crippen LogP contribution < -0.4 is 10.1 Å². The molecule has 1 fully saturated rings. The molecule has 0 spiro atoms. The first-order valence-electron chi connectivity index (χ1n) is 7.11. The maximum atomic E-state index is 13.5. The molecule has 1 atom stereocenters. The quantitative estimate of drug-likeness (QED) is 0.940. The van der Waals surface area contributed by atoms with Gasteiger partial charge in [0.1, 0.15) is 11.6 Å². The minimum absolute atomic E-state index is 0.127. The molecular weight excluding hydrogens is 287 g/mol. The van der Waals surface area contributed by atoms with E-state index < -0.39 is 0 Å². The topological polar surface area (TPSA) is 24.5 Å². The van der Waals surface area contributed by atoms with Crippen molar-refractivity contribution in [1.29, 1.82) is 0 Å². The Kier molecular flexibility index (Phi) is 4.53. The van der Waals surface area contributed by atoms with Crippen molar-refractivity contribution in [2.24, 2.45) is 0 Å². The minimum Gasteiger partial charge on any atom is -0.496 e. The van der Waals surface area contributed by atoms with Crippen molar-refractivity contribution in [1.82, 2.24) is 10.2 Å². The van der Waals surface area contributed by atoms with Gasteiger partial charge in [-0.2, -0.15) is 0 Å². The van der Waals surface area contributed by atoms with Crippen LogP contribution >= 0.6 is 11.3 Å². The van der Waals surface area contributed by atoms with Gasteiger partial charge in [0.25, 0.3) is 0 Å². The van der Waals surface area contributed by atoms with Gasteiger partial charge in [0, 0.05) is 42.7 Å². The first-order chi connectivity index (χ1) is 10.3. The summed E-state index contributed by atoms with van der Waals surface area (Å²) >= 11 is 1.73. The maximum absolute atomic E-state index is 13.5. The molecule has 1 saturated heterocycles. The number of rotatable bonds is 4. The Morgan fingerprint density at radius 3 is 2.76 bits per heavy atom. The molecule has 3 rings (SSSR count). The lowest BCUT2D eigenvalue weighted by atomic mass is 10.0. The van der Waals surface area contributed by atoms with Crippen LogP contribution in [0.15, 0.2) is 35.7 Å². The highest BCUT2D eigenvalue weighted by molar-refractivity contribution is 7.10. The Hall–Kier alpha value is -1.43. The predicted octanol–water partition coefficient (Wildman–Crippen LogP) is 2.89. The van der Waals surface area contributed by atoms with E-state index in [1.165, 1.54) is 17.0 Å². The highest BCUT2D eigenvalue weighted by Crippen LogP contribution is 2.37. The number of piperazine rings is 1. The summed E-state index contributed by atoms with van der Waals surface area (Å²) in [7, 11) is 1.60. The van der Waals surface area contributed by atoms with Gasteiger partial charge in [-0.3, -0.25) is 4.90 Å². The minimum atomic E-state index is -0.263. The lowest BCUT2D eigenvalue weighted by Crippen LogP contribution is -2.45. The van der Waals surface area contributed by atoms with Crippen LogP contribution in [0.25, 0.3) is 0 Å². The molecule has 0 aliphatic carbocycles. The highest BCUT2D eigenvalue weighted by atomic mass is 32.1. The monoisotopic (exact) mass is 306 g/mol. The smallest absolute Gasteiger partial charge is 0.126 e. The number of nitrogens with zero attached hydrogens (tertiary/aromatic N) is 1. The second-order valence-electron chi connectivity index (χ2n) is 5.09. The highest BCUT2D eigenvalue weighted by Gasteiger charge is 2.27. The number of nitrogens with one attached hydrogen (secondary N) is 1. The average molecular weight is 306 g/mol. The van der Waals surface area contributed by atoms with E-state index >= 15 is 0 Å². The van der Waals surface area contributed by atoms with E-state index in [-0.39, 0.29) is 11.9 Å². The number of thiophene rings is 1. The van der Waals surface area contributed by atoms with E-state index in [9.17, 15) is 4.39 Å². The molecule has 1 aliphatic rings. The van der Waals surface area contributed by atoms with Gasteiger partial charge in [0.15, 0.2) is 0 Å². The third-order valence-electron chi connectivity index (χ3n) is 3.82. The molecular formula is C16H19FN2OS. The Labute approximate surface area is 128 Å². The van der Waals surface area contributed by atoms with E-state index in [2.05, 4.69) is 27.7 Å². The van der Waals surface area contributed by atoms with Crippen LogP contribution in [0, 0.1) is 5.82 Å². The summed E-state index contributed by atoms with van der Waals surface area (Å²) in [6.07, 6.45) is 0. The van der Waals surface area contributed by atoms with Gasteiger partial charge in [0.2, 0.25) is 0 Å². The molecule has 0 radical (unpaired) electrons. The van der Waals surface area contributed by atoms with Crippen LogP contribution in [-0.4, -0.2) is 38.2 Å². The molecule has 0 saturated carbocycles. The predicted molar refractivity (Wildman–Crippen MR) is 83.6 cm³/mol.